The highest BCUT2D eigenvalue weighted by molar-refractivity contribution is 5.96. The Morgan fingerprint density at radius 3 is 2.86 bits per heavy atom. The van der Waals surface area contributed by atoms with Crippen molar-refractivity contribution < 1.29 is 4.79 Å². The van der Waals surface area contributed by atoms with Gasteiger partial charge in [-0.1, -0.05) is 25.1 Å². The van der Waals surface area contributed by atoms with E-state index in [4.69, 9.17) is 0 Å². The van der Waals surface area contributed by atoms with Crippen LogP contribution in [0.4, 0.5) is 5.69 Å². The van der Waals surface area contributed by atoms with Crippen molar-refractivity contribution in [1.29, 1.82) is 0 Å². The molecule has 5 nitrogen and oxygen atoms in total. The van der Waals surface area contributed by atoms with Crippen LogP contribution in [0.5, 0.6) is 0 Å². The van der Waals surface area contributed by atoms with Crippen molar-refractivity contribution in [2.45, 2.75) is 39.3 Å². The number of aromatic nitrogens is 2. The van der Waals surface area contributed by atoms with Gasteiger partial charge in [0, 0.05) is 23.5 Å². The average molecular weight is 297 g/mol. The summed E-state index contributed by atoms with van der Waals surface area (Å²) in [6.07, 6.45) is 3.02. The third-order valence-electron chi connectivity index (χ3n) is 4.08. The summed E-state index contributed by atoms with van der Waals surface area (Å²) in [5.41, 5.74) is 2.69. The predicted octanol–water partition coefficient (Wildman–Crippen LogP) is 1.78. The van der Waals surface area contributed by atoms with Crippen LogP contribution in [0, 0.1) is 0 Å². The standard InChI is InChI=1S/C17H19N3O2/c1-3-14-9-16(21)19(11-18-14)10-17(22)20-12(2)8-13-6-4-5-7-15(13)20/h4-7,9,11-12H,3,8,10H2,1-2H3. The first kappa shape index (κ1) is 14.5. The molecular weight excluding hydrogens is 278 g/mol. The zero-order chi connectivity index (χ0) is 15.7. The fourth-order valence-electron chi connectivity index (χ4n) is 2.94. The lowest BCUT2D eigenvalue weighted by atomic mass is 10.1. The summed E-state index contributed by atoms with van der Waals surface area (Å²) in [7, 11) is 0. The van der Waals surface area contributed by atoms with E-state index in [1.165, 1.54) is 22.5 Å². The van der Waals surface area contributed by atoms with Crippen molar-refractivity contribution in [2.75, 3.05) is 4.90 Å². The average Bonchev–Trinajstić information content (AvgIpc) is 2.85. The molecule has 0 spiro atoms. The first-order valence-electron chi connectivity index (χ1n) is 7.55. The summed E-state index contributed by atoms with van der Waals surface area (Å²) in [5, 5.41) is 0. The van der Waals surface area contributed by atoms with Crippen molar-refractivity contribution in [3.63, 3.8) is 0 Å². The molecule has 0 fully saturated rings. The third-order valence-corrected chi connectivity index (χ3v) is 4.08. The van der Waals surface area contributed by atoms with Gasteiger partial charge in [-0.05, 0) is 31.4 Å². The van der Waals surface area contributed by atoms with Gasteiger partial charge in [-0.3, -0.25) is 14.2 Å². The molecule has 2 heterocycles. The minimum Gasteiger partial charge on any atom is -0.307 e. The molecule has 3 rings (SSSR count). The molecule has 0 aliphatic carbocycles. The Kier molecular flexibility index (Phi) is 3.79. The SMILES string of the molecule is CCc1cc(=O)n(CC(=O)N2c3ccccc3CC2C)cn1. The topological polar surface area (TPSA) is 55.2 Å². The Labute approximate surface area is 129 Å². The van der Waals surface area contributed by atoms with Crippen molar-refractivity contribution in [2.24, 2.45) is 0 Å². The maximum Gasteiger partial charge on any atom is 0.253 e. The highest BCUT2D eigenvalue weighted by Gasteiger charge is 2.30. The Morgan fingerprint density at radius 2 is 2.14 bits per heavy atom. The van der Waals surface area contributed by atoms with Gasteiger partial charge in [-0.15, -0.1) is 0 Å². The van der Waals surface area contributed by atoms with Crippen LogP contribution in [-0.4, -0.2) is 21.5 Å². The number of hydrogen-bond donors (Lipinski definition) is 0. The van der Waals surface area contributed by atoms with Crippen LogP contribution in [0.15, 0.2) is 41.5 Å². The molecule has 1 amide bonds. The summed E-state index contributed by atoms with van der Waals surface area (Å²) < 4.78 is 1.37. The number of rotatable bonds is 3. The van der Waals surface area contributed by atoms with E-state index in [-0.39, 0.29) is 24.1 Å². The van der Waals surface area contributed by atoms with Crippen LogP contribution >= 0.6 is 0 Å². The van der Waals surface area contributed by atoms with E-state index in [2.05, 4.69) is 4.98 Å². The lowest BCUT2D eigenvalue weighted by Crippen LogP contribution is -2.40. The molecule has 0 bridgehead atoms. The molecule has 22 heavy (non-hydrogen) atoms. The molecule has 1 aliphatic rings. The molecule has 0 saturated heterocycles. The number of carbonyl (C=O) groups is 1. The number of para-hydroxylation sites is 1. The zero-order valence-electron chi connectivity index (χ0n) is 12.8. The first-order chi connectivity index (χ1) is 10.6. The van der Waals surface area contributed by atoms with Gasteiger partial charge in [-0.25, -0.2) is 4.98 Å². The number of amides is 1. The molecule has 0 N–H and O–H groups in total. The van der Waals surface area contributed by atoms with Crippen LogP contribution in [0.1, 0.15) is 25.1 Å². The fourth-order valence-corrected chi connectivity index (χ4v) is 2.94. The largest absolute Gasteiger partial charge is 0.307 e. The Morgan fingerprint density at radius 1 is 1.36 bits per heavy atom. The maximum absolute atomic E-state index is 12.6. The molecule has 2 aromatic rings. The normalized spacial score (nSPS) is 16.6. The predicted molar refractivity (Wildman–Crippen MR) is 85.0 cm³/mol. The molecular formula is C17H19N3O2. The summed E-state index contributed by atoms with van der Waals surface area (Å²) >= 11 is 0. The zero-order valence-corrected chi connectivity index (χ0v) is 12.8. The van der Waals surface area contributed by atoms with Crippen molar-refractivity contribution in [3.8, 4) is 0 Å². The van der Waals surface area contributed by atoms with Crippen molar-refractivity contribution >= 4 is 11.6 Å². The van der Waals surface area contributed by atoms with Crippen LogP contribution in [0.3, 0.4) is 0 Å². The molecule has 1 unspecified atom stereocenters. The molecule has 1 aliphatic heterocycles. The van der Waals surface area contributed by atoms with Gasteiger partial charge in [0.15, 0.2) is 0 Å². The molecule has 5 heteroatoms. The van der Waals surface area contributed by atoms with Gasteiger partial charge in [0.1, 0.15) is 6.54 Å². The number of nitrogens with zero attached hydrogens (tertiary/aromatic N) is 3. The number of fused-ring (bicyclic) bond motifs is 1. The first-order valence-corrected chi connectivity index (χ1v) is 7.55. The minimum atomic E-state index is -0.180. The Balaban J connectivity index is 1.85. The number of carbonyl (C=O) groups excluding carboxylic acids is 1. The van der Waals surface area contributed by atoms with E-state index in [0.717, 1.165) is 17.8 Å². The Hall–Kier alpha value is -2.43. The lowest BCUT2D eigenvalue weighted by molar-refractivity contribution is -0.119. The Bertz CT molecular complexity index is 766. The van der Waals surface area contributed by atoms with Crippen molar-refractivity contribution in [1.82, 2.24) is 9.55 Å². The van der Waals surface area contributed by atoms with Gasteiger partial charge in [-0.2, -0.15) is 0 Å². The summed E-state index contributed by atoms with van der Waals surface area (Å²) in [6.45, 7) is 3.99. The van der Waals surface area contributed by atoms with E-state index in [9.17, 15) is 9.59 Å². The van der Waals surface area contributed by atoms with E-state index < -0.39 is 0 Å². The quantitative estimate of drug-likeness (QED) is 0.868. The number of hydrogen-bond acceptors (Lipinski definition) is 3. The second kappa shape index (κ2) is 5.75. The summed E-state index contributed by atoms with van der Waals surface area (Å²) in [6, 6.07) is 9.52. The lowest BCUT2D eigenvalue weighted by Gasteiger charge is -2.23. The van der Waals surface area contributed by atoms with E-state index in [1.54, 1.807) is 4.90 Å². The summed E-state index contributed by atoms with van der Waals surface area (Å²) in [5.74, 6) is -0.0781. The monoisotopic (exact) mass is 297 g/mol. The number of aryl methyl sites for hydroxylation is 1. The number of benzene rings is 1. The second-order valence-corrected chi connectivity index (χ2v) is 5.65. The van der Waals surface area contributed by atoms with Crippen LogP contribution < -0.4 is 10.5 Å². The minimum absolute atomic E-state index is 0.0223. The molecule has 114 valence electrons. The van der Waals surface area contributed by atoms with Gasteiger partial charge in [0.25, 0.3) is 5.56 Å². The van der Waals surface area contributed by atoms with E-state index in [0.29, 0.717) is 6.42 Å². The van der Waals surface area contributed by atoms with Gasteiger partial charge in [0.05, 0.1) is 6.33 Å². The second-order valence-electron chi connectivity index (χ2n) is 5.65. The fraction of sp³-hybridized carbons (Fsp3) is 0.353. The van der Waals surface area contributed by atoms with Crippen molar-refractivity contribution in [3.05, 3.63) is 58.3 Å². The summed E-state index contributed by atoms with van der Waals surface area (Å²) in [4.78, 5) is 30.6. The molecule has 0 saturated carbocycles. The highest BCUT2D eigenvalue weighted by Crippen LogP contribution is 2.31. The van der Waals surface area contributed by atoms with Gasteiger partial charge < -0.3 is 4.90 Å². The van der Waals surface area contributed by atoms with E-state index >= 15 is 0 Å². The molecule has 1 aromatic carbocycles. The molecule has 0 radical (unpaired) electrons. The number of anilines is 1. The third kappa shape index (κ3) is 2.54. The highest BCUT2D eigenvalue weighted by atomic mass is 16.2. The van der Waals surface area contributed by atoms with Crippen LogP contribution in [0.2, 0.25) is 0 Å². The maximum atomic E-state index is 12.6. The van der Waals surface area contributed by atoms with E-state index in [1.807, 2.05) is 38.1 Å². The van der Waals surface area contributed by atoms with Gasteiger partial charge >= 0.3 is 0 Å². The molecule has 1 atom stereocenters. The van der Waals surface area contributed by atoms with Crippen LogP contribution in [0.25, 0.3) is 0 Å². The molecule has 1 aromatic heterocycles. The van der Waals surface area contributed by atoms with Crippen LogP contribution in [-0.2, 0) is 24.2 Å². The van der Waals surface area contributed by atoms with Gasteiger partial charge in [0.2, 0.25) is 5.91 Å². The smallest absolute Gasteiger partial charge is 0.253 e.